The average Bonchev–Trinajstić information content (AvgIpc) is 2.73. The molecule has 1 fully saturated rings. The normalized spacial score (nSPS) is 25.4. The maximum Gasteiger partial charge on any atom is 0.311 e. The molecule has 1 saturated heterocycles. The summed E-state index contributed by atoms with van der Waals surface area (Å²) in [6.45, 7) is 2.42. The monoisotopic (exact) mass is 279 g/mol. The molecule has 0 radical (unpaired) electrons. The first-order valence-electron chi connectivity index (χ1n) is 6.08. The Balaban J connectivity index is 2.77. The third-order valence-electron chi connectivity index (χ3n) is 3.44. The molecule has 1 heterocycles. The molecule has 0 aromatic rings. The van der Waals surface area contributed by atoms with Crippen LogP contribution in [0.25, 0.3) is 0 Å². The topological polar surface area (TPSA) is 83.9 Å². The Morgan fingerprint density at radius 3 is 2.67 bits per heavy atom. The molecule has 0 saturated carbocycles. The van der Waals surface area contributed by atoms with Crippen molar-refractivity contribution in [2.45, 2.75) is 26.2 Å². The summed E-state index contributed by atoms with van der Waals surface area (Å²) < 4.78 is 30.0. The fourth-order valence-electron chi connectivity index (χ4n) is 2.35. The van der Waals surface area contributed by atoms with E-state index >= 15 is 0 Å². The second-order valence-electron chi connectivity index (χ2n) is 4.73. The molecule has 0 amide bonds. The van der Waals surface area contributed by atoms with E-state index in [4.69, 9.17) is 4.74 Å². The van der Waals surface area contributed by atoms with Crippen LogP contribution in [0.15, 0.2) is 0 Å². The summed E-state index contributed by atoms with van der Waals surface area (Å²) in [6, 6.07) is 0. The molecule has 0 aromatic carbocycles. The predicted octanol–water partition coefficient (Wildman–Crippen LogP) is 0.539. The average molecular weight is 279 g/mol. The first-order chi connectivity index (χ1) is 8.38. The molecule has 18 heavy (non-hydrogen) atoms. The molecule has 1 unspecified atom stereocenters. The number of nitrogens with zero attached hydrogens (tertiary/aromatic N) is 1. The van der Waals surface area contributed by atoms with Gasteiger partial charge in [0.05, 0.1) is 17.8 Å². The molecule has 0 spiro atoms. The molecular weight excluding hydrogens is 258 g/mol. The van der Waals surface area contributed by atoms with Crippen molar-refractivity contribution in [2.75, 3.05) is 32.6 Å². The summed E-state index contributed by atoms with van der Waals surface area (Å²) >= 11 is 0. The highest BCUT2D eigenvalue weighted by Crippen LogP contribution is 2.36. The van der Waals surface area contributed by atoms with Crippen molar-refractivity contribution >= 4 is 16.0 Å². The van der Waals surface area contributed by atoms with Gasteiger partial charge < -0.3 is 9.84 Å². The number of methoxy groups -OCH3 is 1. The summed E-state index contributed by atoms with van der Waals surface area (Å²) in [5, 5.41) is 9.31. The minimum Gasteiger partial charge on any atom is -0.481 e. The van der Waals surface area contributed by atoms with Gasteiger partial charge in [0.1, 0.15) is 0 Å². The number of sulfonamides is 1. The van der Waals surface area contributed by atoms with Gasteiger partial charge >= 0.3 is 5.97 Å². The Hall–Kier alpha value is -0.660. The van der Waals surface area contributed by atoms with Crippen LogP contribution >= 0.6 is 0 Å². The van der Waals surface area contributed by atoms with Crippen molar-refractivity contribution in [2.24, 2.45) is 5.41 Å². The van der Waals surface area contributed by atoms with Gasteiger partial charge in [0.2, 0.25) is 10.0 Å². The molecule has 7 heteroatoms. The van der Waals surface area contributed by atoms with Gasteiger partial charge in [-0.05, 0) is 12.8 Å². The fraction of sp³-hybridized carbons (Fsp3) is 0.909. The molecule has 0 aromatic heterocycles. The Labute approximate surface area is 108 Å². The van der Waals surface area contributed by atoms with Gasteiger partial charge in [-0.2, -0.15) is 0 Å². The number of ether oxygens (including phenoxy) is 1. The number of aliphatic carboxylic acids is 1. The van der Waals surface area contributed by atoms with Gasteiger partial charge in [-0.25, -0.2) is 12.7 Å². The molecule has 1 atom stereocenters. The van der Waals surface area contributed by atoms with Crippen molar-refractivity contribution in [3.63, 3.8) is 0 Å². The van der Waals surface area contributed by atoms with Gasteiger partial charge in [-0.15, -0.1) is 0 Å². The minimum atomic E-state index is -3.40. The lowest BCUT2D eigenvalue weighted by atomic mass is 9.83. The quantitative estimate of drug-likeness (QED) is 0.735. The number of rotatable bonds is 7. The van der Waals surface area contributed by atoms with Crippen LogP contribution in [0, 0.1) is 5.41 Å². The number of hydrogen-bond acceptors (Lipinski definition) is 4. The summed E-state index contributed by atoms with van der Waals surface area (Å²) in [5.74, 6) is -0.987. The molecule has 106 valence electrons. The molecule has 1 rings (SSSR count). The number of carboxylic acids is 1. The molecule has 0 aliphatic carbocycles. The zero-order valence-electron chi connectivity index (χ0n) is 10.9. The van der Waals surface area contributed by atoms with Crippen LogP contribution in [0.2, 0.25) is 0 Å². The standard InChI is InChI=1S/C11H21NO5S/c1-3-4-11(10(13)14)5-6-12(9-11)18(15,16)8-7-17-2/h3-9H2,1-2H3,(H,13,14). The van der Waals surface area contributed by atoms with Crippen LogP contribution in [0.4, 0.5) is 0 Å². The highest BCUT2D eigenvalue weighted by atomic mass is 32.2. The fourth-order valence-corrected chi connectivity index (χ4v) is 3.80. The van der Waals surface area contributed by atoms with Gasteiger partial charge in [0.15, 0.2) is 0 Å². The lowest BCUT2D eigenvalue weighted by molar-refractivity contribution is -0.148. The maximum atomic E-state index is 12.0. The highest BCUT2D eigenvalue weighted by molar-refractivity contribution is 7.89. The van der Waals surface area contributed by atoms with E-state index in [2.05, 4.69) is 0 Å². The molecule has 1 N–H and O–H groups in total. The number of carboxylic acid groups (broad SMARTS) is 1. The Kier molecular flexibility index (Phi) is 5.12. The van der Waals surface area contributed by atoms with Crippen molar-refractivity contribution in [3.8, 4) is 0 Å². The van der Waals surface area contributed by atoms with Crippen LogP contribution < -0.4 is 0 Å². The van der Waals surface area contributed by atoms with Gasteiger partial charge in [-0.1, -0.05) is 13.3 Å². The summed E-state index contributed by atoms with van der Waals surface area (Å²) in [4.78, 5) is 11.4. The van der Waals surface area contributed by atoms with E-state index in [-0.39, 0.29) is 18.9 Å². The maximum absolute atomic E-state index is 12.0. The molecule has 1 aliphatic rings. The first kappa shape index (κ1) is 15.4. The van der Waals surface area contributed by atoms with Gasteiger partial charge in [-0.3, -0.25) is 4.79 Å². The highest BCUT2D eigenvalue weighted by Gasteiger charge is 2.47. The van der Waals surface area contributed by atoms with E-state index in [1.165, 1.54) is 11.4 Å². The number of hydrogen-bond donors (Lipinski definition) is 1. The minimum absolute atomic E-state index is 0.0855. The summed E-state index contributed by atoms with van der Waals surface area (Å²) in [5.41, 5.74) is -0.908. The van der Waals surface area contributed by atoms with E-state index in [1.807, 2.05) is 6.92 Å². The zero-order chi connectivity index (χ0) is 13.8. The van der Waals surface area contributed by atoms with E-state index in [9.17, 15) is 18.3 Å². The van der Waals surface area contributed by atoms with Crippen molar-refractivity contribution < 1.29 is 23.1 Å². The lowest BCUT2D eigenvalue weighted by Gasteiger charge is -2.24. The molecule has 6 nitrogen and oxygen atoms in total. The largest absolute Gasteiger partial charge is 0.481 e. The van der Waals surface area contributed by atoms with E-state index in [1.54, 1.807) is 0 Å². The van der Waals surface area contributed by atoms with Crippen molar-refractivity contribution in [3.05, 3.63) is 0 Å². The zero-order valence-corrected chi connectivity index (χ0v) is 11.7. The molecule has 0 bridgehead atoms. The van der Waals surface area contributed by atoms with E-state index in [0.717, 1.165) is 6.42 Å². The van der Waals surface area contributed by atoms with Gasteiger partial charge in [0, 0.05) is 20.2 Å². The molecular formula is C11H21NO5S. The molecule has 1 aliphatic heterocycles. The Morgan fingerprint density at radius 1 is 1.50 bits per heavy atom. The number of carbonyl (C=O) groups is 1. The van der Waals surface area contributed by atoms with Crippen LogP contribution in [0.3, 0.4) is 0 Å². The SMILES string of the molecule is CCCC1(C(=O)O)CCN(S(=O)(=O)CCOC)C1. The Bertz CT molecular complexity index is 394. The third-order valence-corrected chi connectivity index (χ3v) is 5.22. The first-order valence-corrected chi connectivity index (χ1v) is 7.69. The van der Waals surface area contributed by atoms with Gasteiger partial charge in [0.25, 0.3) is 0 Å². The second-order valence-corrected chi connectivity index (χ2v) is 6.82. The van der Waals surface area contributed by atoms with Crippen LogP contribution in [0.5, 0.6) is 0 Å². The van der Waals surface area contributed by atoms with Crippen LogP contribution in [-0.2, 0) is 19.6 Å². The predicted molar refractivity (Wildman–Crippen MR) is 66.8 cm³/mol. The van der Waals surface area contributed by atoms with Crippen molar-refractivity contribution in [1.82, 2.24) is 4.31 Å². The summed E-state index contributed by atoms with van der Waals surface area (Å²) in [7, 11) is -1.96. The summed E-state index contributed by atoms with van der Waals surface area (Å²) in [6.07, 6.45) is 1.64. The second kappa shape index (κ2) is 5.99. The van der Waals surface area contributed by atoms with Crippen molar-refractivity contribution in [1.29, 1.82) is 0 Å². The third kappa shape index (κ3) is 3.21. The van der Waals surface area contributed by atoms with Crippen LogP contribution in [-0.4, -0.2) is 56.4 Å². The lowest BCUT2D eigenvalue weighted by Crippen LogP contribution is -2.38. The van der Waals surface area contributed by atoms with E-state index in [0.29, 0.717) is 19.4 Å². The van der Waals surface area contributed by atoms with E-state index < -0.39 is 21.4 Å². The Morgan fingerprint density at radius 2 is 2.17 bits per heavy atom. The van der Waals surface area contributed by atoms with Crippen LogP contribution in [0.1, 0.15) is 26.2 Å². The smallest absolute Gasteiger partial charge is 0.311 e.